The number of amides is 2. The zero-order valence-electron chi connectivity index (χ0n) is 11.1. The molecule has 0 radical (unpaired) electrons. The number of benzene rings is 1. The first-order chi connectivity index (χ1) is 9.52. The molecule has 0 heterocycles. The third-order valence-electron chi connectivity index (χ3n) is 2.58. The number of thioether (sulfide) groups is 1. The molecule has 0 aliphatic heterocycles. The number of aliphatic carboxylic acids is 1. The Labute approximate surface area is 120 Å². The Balaban J connectivity index is 2.41. The number of hydrogen-bond donors (Lipinski definition) is 3. The minimum atomic E-state index is -1.06. The van der Waals surface area contributed by atoms with Crippen LogP contribution in [0.25, 0.3) is 0 Å². The molecular weight excluding hydrogens is 283 g/mol. The van der Waals surface area contributed by atoms with Gasteiger partial charge in [0.05, 0.1) is 0 Å². The van der Waals surface area contributed by atoms with E-state index in [9.17, 15) is 14.0 Å². The maximum Gasteiger partial charge on any atom is 0.326 e. The number of hydrogen-bond acceptors (Lipinski definition) is 3. The van der Waals surface area contributed by atoms with Crippen LogP contribution in [0.3, 0.4) is 0 Å². The normalized spacial score (nSPS) is 11.7. The number of carboxylic acid groups (broad SMARTS) is 1. The molecule has 20 heavy (non-hydrogen) atoms. The lowest BCUT2D eigenvalue weighted by molar-refractivity contribution is -0.139. The standard InChI is InChI=1S/C13H17FN2O3S/c1-20-7-6-11(12(17)18)16-13(19)15-8-9-2-4-10(14)5-3-9/h2-5,11H,6-8H2,1H3,(H,17,18)(H2,15,16,19)/t11-/m0/s1. The summed E-state index contributed by atoms with van der Waals surface area (Å²) in [5.41, 5.74) is 0.734. The maximum absolute atomic E-state index is 12.7. The van der Waals surface area contributed by atoms with Gasteiger partial charge < -0.3 is 15.7 Å². The van der Waals surface area contributed by atoms with E-state index in [1.807, 2.05) is 6.26 Å². The van der Waals surface area contributed by atoms with Gasteiger partial charge in [-0.15, -0.1) is 0 Å². The van der Waals surface area contributed by atoms with Gasteiger partial charge in [-0.3, -0.25) is 0 Å². The van der Waals surface area contributed by atoms with Crippen molar-refractivity contribution in [3.8, 4) is 0 Å². The molecule has 0 unspecified atom stereocenters. The summed E-state index contributed by atoms with van der Waals surface area (Å²) in [7, 11) is 0. The number of rotatable bonds is 7. The quantitative estimate of drug-likeness (QED) is 0.718. The van der Waals surface area contributed by atoms with Gasteiger partial charge in [-0.2, -0.15) is 11.8 Å². The summed E-state index contributed by atoms with van der Waals surface area (Å²) in [5.74, 6) is -0.757. The average molecular weight is 300 g/mol. The van der Waals surface area contributed by atoms with Crippen LogP contribution in [0.15, 0.2) is 24.3 Å². The third kappa shape index (κ3) is 5.92. The average Bonchev–Trinajstić information content (AvgIpc) is 2.42. The molecule has 0 saturated carbocycles. The highest BCUT2D eigenvalue weighted by Gasteiger charge is 2.18. The molecule has 110 valence electrons. The van der Waals surface area contributed by atoms with Crippen molar-refractivity contribution in [1.82, 2.24) is 10.6 Å². The molecular formula is C13H17FN2O3S. The first-order valence-corrected chi connectivity index (χ1v) is 7.43. The van der Waals surface area contributed by atoms with Gasteiger partial charge in [-0.05, 0) is 36.1 Å². The molecule has 0 aliphatic rings. The SMILES string of the molecule is CSCC[C@H](NC(=O)NCc1ccc(F)cc1)C(=O)O. The Bertz CT molecular complexity index is 453. The number of carbonyl (C=O) groups excluding carboxylic acids is 1. The van der Waals surface area contributed by atoms with E-state index in [2.05, 4.69) is 10.6 Å². The van der Waals surface area contributed by atoms with Crippen LogP contribution in [0.4, 0.5) is 9.18 Å². The highest BCUT2D eigenvalue weighted by Crippen LogP contribution is 2.03. The Morgan fingerprint density at radius 2 is 2.00 bits per heavy atom. The lowest BCUT2D eigenvalue weighted by Crippen LogP contribution is -2.46. The molecule has 1 atom stereocenters. The van der Waals surface area contributed by atoms with Crippen molar-refractivity contribution in [2.24, 2.45) is 0 Å². The second kappa shape index (κ2) is 8.42. The van der Waals surface area contributed by atoms with Gasteiger partial charge in [0.15, 0.2) is 0 Å². The minimum Gasteiger partial charge on any atom is -0.480 e. The van der Waals surface area contributed by atoms with Crippen molar-refractivity contribution in [3.63, 3.8) is 0 Å². The highest BCUT2D eigenvalue weighted by atomic mass is 32.2. The van der Waals surface area contributed by atoms with Gasteiger partial charge in [0, 0.05) is 6.54 Å². The number of nitrogens with one attached hydrogen (secondary N) is 2. The van der Waals surface area contributed by atoms with Crippen LogP contribution >= 0.6 is 11.8 Å². The lowest BCUT2D eigenvalue weighted by Gasteiger charge is -2.14. The summed E-state index contributed by atoms with van der Waals surface area (Å²) < 4.78 is 12.7. The summed E-state index contributed by atoms with van der Waals surface area (Å²) in [5, 5.41) is 13.9. The van der Waals surface area contributed by atoms with Gasteiger partial charge in [0.1, 0.15) is 11.9 Å². The lowest BCUT2D eigenvalue weighted by atomic mass is 10.2. The van der Waals surface area contributed by atoms with Crippen molar-refractivity contribution in [3.05, 3.63) is 35.6 Å². The zero-order valence-corrected chi connectivity index (χ0v) is 11.9. The van der Waals surface area contributed by atoms with Crippen LogP contribution in [0.2, 0.25) is 0 Å². The van der Waals surface area contributed by atoms with E-state index >= 15 is 0 Å². The molecule has 0 aliphatic carbocycles. The monoisotopic (exact) mass is 300 g/mol. The van der Waals surface area contributed by atoms with Crippen molar-refractivity contribution < 1.29 is 19.1 Å². The molecule has 1 rings (SSSR count). The summed E-state index contributed by atoms with van der Waals surface area (Å²) >= 11 is 1.52. The topological polar surface area (TPSA) is 78.4 Å². The van der Waals surface area contributed by atoms with Crippen molar-refractivity contribution >= 4 is 23.8 Å². The van der Waals surface area contributed by atoms with Gasteiger partial charge in [0.2, 0.25) is 0 Å². The molecule has 1 aromatic carbocycles. The van der Waals surface area contributed by atoms with Gasteiger partial charge >= 0.3 is 12.0 Å². The molecule has 0 aromatic heterocycles. The highest BCUT2D eigenvalue weighted by molar-refractivity contribution is 7.98. The van der Waals surface area contributed by atoms with Gasteiger partial charge in [0.25, 0.3) is 0 Å². The summed E-state index contributed by atoms with van der Waals surface area (Å²) in [6, 6.07) is 4.25. The van der Waals surface area contributed by atoms with Crippen LogP contribution in [0.1, 0.15) is 12.0 Å². The Kier molecular flexibility index (Phi) is 6.86. The van der Waals surface area contributed by atoms with E-state index < -0.39 is 18.0 Å². The molecule has 2 amide bonds. The molecule has 3 N–H and O–H groups in total. The predicted octanol–water partition coefficient (Wildman–Crippen LogP) is 1.83. The van der Waals surface area contributed by atoms with Crippen molar-refractivity contribution in [2.45, 2.75) is 19.0 Å². The Morgan fingerprint density at radius 3 is 2.55 bits per heavy atom. The number of halogens is 1. The Morgan fingerprint density at radius 1 is 1.35 bits per heavy atom. The predicted molar refractivity (Wildman–Crippen MR) is 76.2 cm³/mol. The van der Waals surface area contributed by atoms with E-state index in [0.29, 0.717) is 12.2 Å². The van der Waals surface area contributed by atoms with Crippen LogP contribution < -0.4 is 10.6 Å². The van der Waals surface area contributed by atoms with Crippen molar-refractivity contribution in [2.75, 3.05) is 12.0 Å². The van der Waals surface area contributed by atoms with E-state index in [1.54, 1.807) is 12.1 Å². The van der Waals surface area contributed by atoms with Crippen molar-refractivity contribution in [1.29, 1.82) is 0 Å². The van der Waals surface area contributed by atoms with E-state index in [-0.39, 0.29) is 12.4 Å². The fourth-order valence-electron chi connectivity index (χ4n) is 1.49. The molecule has 5 nitrogen and oxygen atoms in total. The van der Waals surface area contributed by atoms with Crippen LogP contribution in [-0.2, 0) is 11.3 Å². The first kappa shape index (κ1) is 16.3. The zero-order chi connectivity index (χ0) is 15.0. The fraction of sp³-hybridized carbons (Fsp3) is 0.385. The molecule has 0 saturated heterocycles. The number of urea groups is 1. The summed E-state index contributed by atoms with van der Waals surface area (Å²) in [4.78, 5) is 22.6. The third-order valence-corrected chi connectivity index (χ3v) is 3.22. The molecule has 7 heteroatoms. The van der Waals surface area contributed by atoms with Crippen LogP contribution in [0, 0.1) is 5.82 Å². The van der Waals surface area contributed by atoms with Crippen LogP contribution in [0.5, 0.6) is 0 Å². The Hall–Kier alpha value is -1.76. The molecule has 0 fully saturated rings. The smallest absolute Gasteiger partial charge is 0.326 e. The van der Waals surface area contributed by atoms with E-state index in [4.69, 9.17) is 5.11 Å². The fourth-order valence-corrected chi connectivity index (χ4v) is 1.96. The van der Waals surface area contributed by atoms with Gasteiger partial charge in [-0.1, -0.05) is 12.1 Å². The number of carboxylic acids is 1. The van der Waals surface area contributed by atoms with E-state index in [1.165, 1.54) is 23.9 Å². The van der Waals surface area contributed by atoms with Crippen LogP contribution in [-0.4, -0.2) is 35.2 Å². The largest absolute Gasteiger partial charge is 0.480 e. The first-order valence-electron chi connectivity index (χ1n) is 6.03. The van der Waals surface area contributed by atoms with E-state index in [0.717, 1.165) is 5.56 Å². The summed E-state index contributed by atoms with van der Waals surface area (Å²) in [6.45, 7) is 0.209. The second-order valence-electron chi connectivity index (χ2n) is 4.13. The minimum absolute atomic E-state index is 0.209. The second-order valence-corrected chi connectivity index (χ2v) is 5.11. The van der Waals surface area contributed by atoms with Gasteiger partial charge in [-0.25, -0.2) is 14.0 Å². The molecule has 1 aromatic rings. The molecule has 0 spiro atoms. The number of carbonyl (C=O) groups is 2. The summed E-state index contributed by atoms with van der Waals surface area (Å²) in [6.07, 6.45) is 2.23. The molecule has 0 bridgehead atoms. The maximum atomic E-state index is 12.7.